The van der Waals surface area contributed by atoms with E-state index in [9.17, 15) is 0 Å². The zero-order valence-electron chi connectivity index (χ0n) is 13.8. The number of fused-ring (bicyclic) bond motifs is 1. The topological polar surface area (TPSA) is 29.0 Å². The molecule has 2 aromatic heterocycles. The molecule has 0 aliphatic heterocycles. The average Bonchev–Trinajstić information content (AvgIpc) is 2.61. The molecular weight excluding hydrogens is 282 g/mol. The Morgan fingerprint density at radius 2 is 1.74 bits per heavy atom. The van der Waals surface area contributed by atoms with E-state index in [4.69, 9.17) is 0 Å². The van der Waals surface area contributed by atoms with E-state index in [1.54, 1.807) is 0 Å². The summed E-state index contributed by atoms with van der Waals surface area (Å²) >= 11 is 0. The van der Waals surface area contributed by atoms with Crippen LogP contribution in [0.2, 0.25) is 0 Å². The number of benzene rings is 1. The van der Waals surface area contributed by atoms with E-state index in [0.29, 0.717) is 6.04 Å². The van der Waals surface area contributed by atoms with Gasteiger partial charge >= 0.3 is 0 Å². The Labute approximate surface area is 138 Å². The summed E-state index contributed by atoms with van der Waals surface area (Å²) in [5, 5.41) is 1.21. The molecule has 1 unspecified atom stereocenters. The molecule has 3 rings (SSSR count). The zero-order valence-corrected chi connectivity index (χ0v) is 13.8. The Balaban J connectivity index is 1.81. The van der Waals surface area contributed by atoms with Gasteiger partial charge in [0, 0.05) is 43.1 Å². The Hall–Kier alpha value is -2.26. The van der Waals surface area contributed by atoms with Gasteiger partial charge in [-0.05, 0) is 48.7 Å². The fourth-order valence-electron chi connectivity index (χ4n) is 2.79. The quantitative estimate of drug-likeness (QED) is 0.674. The summed E-state index contributed by atoms with van der Waals surface area (Å²) < 4.78 is 0. The van der Waals surface area contributed by atoms with E-state index in [2.05, 4.69) is 65.1 Å². The van der Waals surface area contributed by atoms with Gasteiger partial charge in [0.1, 0.15) is 0 Å². The predicted molar refractivity (Wildman–Crippen MR) is 95.0 cm³/mol. The molecule has 3 heteroatoms. The van der Waals surface area contributed by atoms with Gasteiger partial charge in [0.2, 0.25) is 0 Å². The van der Waals surface area contributed by atoms with Crippen molar-refractivity contribution in [2.75, 3.05) is 0 Å². The molecule has 3 nitrogen and oxygen atoms in total. The lowest BCUT2D eigenvalue weighted by Gasteiger charge is -2.28. The largest absolute Gasteiger partial charge is 0.292 e. The molecule has 0 saturated heterocycles. The van der Waals surface area contributed by atoms with Crippen molar-refractivity contribution >= 4 is 10.9 Å². The van der Waals surface area contributed by atoms with Crippen molar-refractivity contribution < 1.29 is 0 Å². The van der Waals surface area contributed by atoms with Gasteiger partial charge in [0.25, 0.3) is 0 Å². The maximum Gasteiger partial charge on any atom is 0.0702 e. The highest BCUT2D eigenvalue weighted by atomic mass is 15.1. The summed E-state index contributed by atoms with van der Waals surface area (Å²) in [5.41, 5.74) is 3.62. The third-order valence-electron chi connectivity index (χ3n) is 4.38. The number of nitrogens with zero attached hydrogens (tertiary/aromatic N) is 3. The van der Waals surface area contributed by atoms with Crippen LogP contribution in [0.4, 0.5) is 0 Å². The first-order chi connectivity index (χ1) is 11.3. The van der Waals surface area contributed by atoms with Gasteiger partial charge in [-0.2, -0.15) is 0 Å². The highest BCUT2D eigenvalue weighted by Gasteiger charge is 2.14. The van der Waals surface area contributed by atoms with Crippen LogP contribution in [-0.2, 0) is 13.1 Å². The van der Waals surface area contributed by atoms with Crippen molar-refractivity contribution in [2.24, 2.45) is 0 Å². The molecule has 0 spiro atoms. The third kappa shape index (κ3) is 3.93. The van der Waals surface area contributed by atoms with Gasteiger partial charge in [-0.3, -0.25) is 14.9 Å². The lowest BCUT2D eigenvalue weighted by molar-refractivity contribution is 0.186. The summed E-state index contributed by atoms with van der Waals surface area (Å²) in [6.45, 7) is 6.37. The van der Waals surface area contributed by atoms with Gasteiger partial charge in [-0.1, -0.05) is 25.1 Å². The number of para-hydroxylation sites is 1. The zero-order chi connectivity index (χ0) is 16.1. The molecule has 0 aliphatic carbocycles. The lowest BCUT2D eigenvalue weighted by Crippen LogP contribution is -2.31. The van der Waals surface area contributed by atoms with Gasteiger partial charge in [-0.15, -0.1) is 0 Å². The van der Waals surface area contributed by atoms with Crippen LogP contribution in [-0.4, -0.2) is 20.9 Å². The van der Waals surface area contributed by atoms with Crippen molar-refractivity contribution in [1.82, 2.24) is 14.9 Å². The van der Waals surface area contributed by atoms with Crippen LogP contribution in [0.5, 0.6) is 0 Å². The van der Waals surface area contributed by atoms with Crippen molar-refractivity contribution in [3.05, 3.63) is 72.2 Å². The molecule has 1 aromatic carbocycles. The summed E-state index contributed by atoms with van der Waals surface area (Å²) in [7, 11) is 0. The van der Waals surface area contributed by atoms with E-state index in [-0.39, 0.29) is 0 Å². The van der Waals surface area contributed by atoms with Gasteiger partial charge < -0.3 is 0 Å². The fourth-order valence-corrected chi connectivity index (χ4v) is 2.79. The van der Waals surface area contributed by atoms with E-state index in [1.807, 2.05) is 24.7 Å². The molecule has 0 saturated carbocycles. The average molecular weight is 305 g/mol. The summed E-state index contributed by atoms with van der Waals surface area (Å²) in [6.07, 6.45) is 6.86. The molecule has 118 valence electrons. The van der Waals surface area contributed by atoms with Crippen LogP contribution in [0.25, 0.3) is 10.9 Å². The smallest absolute Gasteiger partial charge is 0.0702 e. The minimum Gasteiger partial charge on any atom is -0.292 e. The number of pyridine rings is 2. The second-order valence-corrected chi connectivity index (χ2v) is 6.05. The normalized spacial score (nSPS) is 12.7. The van der Waals surface area contributed by atoms with Crippen LogP contribution in [0, 0.1) is 0 Å². The van der Waals surface area contributed by atoms with E-state index < -0.39 is 0 Å². The van der Waals surface area contributed by atoms with Gasteiger partial charge in [-0.25, -0.2) is 0 Å². The fraction of sp³-hybridized carbons (Fsp3) is 0.300. The maximum absolute atomic E-state index is 4.59. The molecule has 0 aliphatic rings. The maximum atomic E-state index is 4.59. The Kier molecular flexibility index (Phi) is 4.99. The minimum atomic E-state index is 0.523. The number of hydrogen-bond acceptors (Lipinski definition) is 3. The van der Waals surface area contributed by atoms with Crippen molar-refractivity contribution in [3.63, 3.8) is 0 Å². The first-order valence-corrected chi connectivity index (χ1v) is 8.23. The molecule has 0 fully saturated rings. The molecule has 0 amide bonds. The first kappa shape index (κ1) is 15.6. The molecule has 0 bridgehead atoms. The van der Waals surface area contributed by atoms with Crippen LogP contribution >= 0.6 is 0 Å². The summed E-state index contributed by atoms with van der Waals surface area (Å²) in [6, 6.07) is 15.2. The van der Waals surface area contributed by atoms with Crippen molar-refractivity contribution in [2.45, 2.75) is 39.4 Å². The highest BCUT2D eigenvalue weighted by molar-refractivity contribution is 5.78. The second kappa shape index (κ2) is 7.34. The molecule has 3 aromatic rings. The predicted octanol–water partition coefficient (Wildman–Crippen LogP) is 4.43. The van der Waals surface area contributed by atoms with Crippen LogP contribution in [0.1, 0.15) is 31.4 Å². The lowest BCUT2D eigenvalue weighted by atomic mass is 10.1. The summed E-state index contributed by atoms with van der Waals surface area (Å²) in [5.74, 6) is 0. The molecule has 1 atom stereocenters. The number of rotatable bonds is 6. The first-order valence-electron chi connectivity index (χ1n) is 8.23. The molecule has 0 radical (unpaired) electrons. The van der Waals surface area contributed by atoms with Crippen LogP contribution in [0.3, 0.4) is 0 Å². The standard InChI is InChI=1S/C20H23N3/c1-3-16(2)23(14-17-8-10-21-11-9-17)15-18-12-19-6-4-5-7-20(19)22-13-18/h4-13,16H,3,14-15H2,1-2H3. The SMILES string of the molecule is CCC(C)N(Cc1ccncc1)Cc1cnc2ccccc2c1. The minimum absolute atomic E-state index is 0.523. The Morgan fingerprint density at radius 1 is 1.00 bits per heavy atom. The van der Waals surface area contributed by atoms with Crippen LogP contribution in [0.15, 0.2) is 61.1 Å². The van der Waals surface area contributed by atoms with E-state index in [0.717, 1.165) is 25.0 Å². The monoisotopic (exact) mass is 305 g/mol. The van der Waals surface area contributed by atoms with Gasteiger partial charge in [0.15, 0.2) is 0 Å². The van der Waals surface area contributed by atoms with Crippen molar-refractivity contribution in [3.8, 4) is 0 Å². The third-order valence-corrected chi connectivity index (χ3v) is 4.38. The van der Waals surface area contributed by atoms with Crippen LogP contribution < -0.4 is 0 Å². The van der Waals surface area contributed by atoms with Gasteiger partial charge in [0.05, 0.1) is 5.52 Å². The molecule has 2 heterocycles. The number of hydrogen-bond donors (Lipinski definition) is 0. The van der Waals surface area contributed by atoms with E-state index >= 15 is 0 Å². The highest BCUT2D eigenvalue weighted by Crippen LogP contribution is 2.18. The van der Waals surface area contributed by atoms with E-state index in [1.165, 1.54) is 16.5 Å². The second-order valence-electron chi connectivity index (χ2n) is 6.05. The molecule has 0 N–H and O–H groups in total. The Morgan fingerprint density at radius 3 is 2.52 bits per heavy atom. The molecular formula is C20H23N3. The Bertz CT molecular complexity index is 755. The molecule has 23 heavy (non-hydrogen) atoms. The number of aromatic nitrogens is 2. The summed E-state index contributed by atoms with van der Waals surface area (Å²) in [4.78, 5) is 11.2. The van der Waals surface area contributed by atoms with Crippen molar-refractivity contribution in [1.29, 1.82) is 0 Å².